The molecule has 1 aromatic rings. The van der Waals surface area contributed by atoms with Crippen molar-refractivity contribution in [3.05, 3.63) is 29.6 Å². The number of benzene rings is 1. The van der Waals surface area contributed by atoms with Gasteiger partial charge in [-0.3, -0.25) is 0 Å². The van der Waals surface area contributed by atoms with Crippen LogP contribution in [0, 0.1) is 11.7 Å². The van der Waals surface area contributed by atoms with Crippen LogP contribution in [0.1, 0.15) is 18.4 Å². The molecule has 1 aromatic carbocycles. The third kappa shape index (κ3) is 1.86. The molecule has 17 heavy (non-hydrogen) atoms. The molecule has 3 N–H and O–H groups in total. The lowest BCUT2D eigenvalue weighted by Gasteiger charge is -2.25. The number of hydrogen-bond acceptors (Lipinski definition) is 3. The molecule has 0 amide bonds. The Labute approximate surface area is 98.2 Å². The number of aliphatic carboxylic acids is 1. The second-order valence-corrected chi connectivity index (χ2v) is 4.30. The zero-order valence-corrected chi connectivity index (χ0v) is 9.44. The van der Waals surface area contributed by atoms with Crippen LogP contribution in [0.25, 0.3) is 0 Å². The molecule has 1 fully saturated rings. The number of hydrogen-bond donors (Lipinski definition) is 2. The van der Waals surface area contributed by atoms with Crippen molar-refractivity contribution in [2.75, 3.05) is 7.11 Å². The third-order valence-electron chi connectivity index (χ3n) is 3.20. The van der Waals surface area contributed by atoms with Gasteiger partial charge in [0, 0.05) is 0 Å². The summed E-state index contributed by atoms with van der Waals surface area (Å²) in [5.41, 5.74) is 4.71. The van der Waals surface area contributed by atoms with Gasteiger partial charge >= 0.3 is 5.97 Å². The highest BCUT2D eigenvalue weighted by molar-refractivity contribution is 5.81. The minimum atomic E-state index is -1.49. The first-order valence-electron chi connectivity index (χ1n) is 5.36. The lowest BCUT2D eigenvalue weighted by atomic mass is 9.86. The van der Waals surface area contributed by atoms with Gasteiger partial charge in [-0.25, -0.2) is 9.18 Å². The smallest absolute Gasteiger partial charge is 0.328 e. The number of carboxylic acids is 1. The normalized spacial score (nSPS) is 18.5. The Hall–Kier alpha value is -1.62. The molecule has 1 atom stereocenters. The number of ether oxygens (including phenoxy) is 1. The Morgan fingerprint density at radius 1 is 1.59 bits per heavy atom. The van der Waals surface area contributed by atoms with E-state index in [4.69, 9.17) is 10.5 Å². The maximum atomic E-state index is 13.6. The van der Waals surface area contributed by atoms with Crippen LogP contribution in [0.4, 0.5) is 4.39 Å². The van der Waals surface area contributed by atoms with Crippen LogP contribution >= 0.6 is 0 Å². The predicted octanol–water partition coefficient (Wildman–Crippen LogP) is 1.48. The lowest BCUT2D eigenvalue weighted by molar-refractivity contribution is -0.144. The molecule has 1 unspecified atom stereocenters. The van der Waals surface area contributed by atoms with Gasteiger partial charge < -0.3 is 15.6 Å². The van der Waals surface area contributed by atoms with E-state index >= 15 is 0 Å². The standard InChI is InChI=1S/C12H14FNO3/c1-17-10-5-4-8(6-9(10)13)12(14,11(15)16)7-2-3-7/h4-7H,2-3,14H2,1H3,(H,15,16). The van der Waals surface area contributed by atoms with E-state index in [-0.39, 0.29) is 17.2 Å². The Kier molecular flexibility index (Phi) is 2.79. The van der Waals surface area contributed by atoms with Crippen LogP contribution in [-0.2, 0) is 10.3 Å². The molecule has 0 heterocycles. The van der Waals surface area contributed by atoms with Gasteiger partial charge in [0.25, 0.3) is 0 Å². The van der Waals surface area contributed by atoms with E-state index in [0.717, 1.165) is 18.9 Å². The summed E-state index contributed by atoms with van der Waals surface area (Å²) < 4.78 is 18.3. The molecule has 0 bridgehead atoms. The van der Waals surface area contributed by atoms with Crippen molar-refractivity contribution in [1.29, 1.82) is 0 Å². The van der Waals surface area contributed by atoms with Gasteiger partial charge in [-0.05, 0) is 36.5 Å². The van der Waals surface area contributed by atoms with E-state index in [1.807, 2.05) is 0 Å². The molecule has 5 heteroatoms. The van der Waals surface area contributed by atoms with Crippen LogP contribution in [0.5, 0.6) is 5.75 Å². The van der Waals surface area contributed by atoms with Crippen LogP contribution in [0.2, 0.25) is 0 Å². The topological polar surface area (TPSA) is 72.5 Å². The fraction of sp³-hybridized carbons (Fsp3) is 0.417. The predicted molar refractivity (Wildman–Crippen MR) is 59.2 cm³/mol. The Bertz CT molecular complexity index is 459. The van der Waals surface area contributed by atoms with Gasteiger partial charge in [0.1, 0.15) is 5.54 Å². The third-order valence-corrected chi connectivity index (χ3v) is 3.20. The van der Waals surface area contributed by atoms with Gasteiger partial charge in [0.05, 0.1) is 7.11 Å². The lowest BCUT2D eigenvalue weighted by Crippen LogP contribution is -2.47. The summed E-state index contributed by atoms with van der Waals surface area (Å²) in [6, 6.07) is 4.05. The number of nitrogens with two attached hydrogens (primary N) is 1. The fourth-order valence-electron chi connectivity index (χ4n) is 2.00. The highest BCUT2D eigenvalue weighted by Gasteiger charge is 2.49. The number of carboxylic acid groups (broad SMARTS) is 1. The summed E-state index contributed by atoms with van der Waals surface area (Å²) in [7, 11) is 1.35. The summed E-state index contributed by atoms with van der Waals surface area (Å²) >= 11 is 0. The highest BCUT2D eigenvalue weighted by atomic mass is 19.1. The van der Waals surface area contributed by atoms with Crippen molar-refractivity contribution < 1.29 is 19.0 Å². The van der Waals surface area contributed by atoms with Gasteiger partial charge in [0.15, 0.2) is 11.6 Å². The van der Waals surface area contributed by atoms with Crippen molar-refractivity contribution >= 4 is 5.97 Å². The summed E-state index contributed by atoms with van der Waals surface area (Å²) in [6.45, 7) is 0. The zero-order chi connectivity index (χ0) is 12.6. The Morgan fingerprint density at radius 3 is 2.65 bits per heavy atom. The van der Waals surface area contributed by atoms with Crippen LogP contribution in [0.15, 0.2) is 18.2 Å². The average molecular weight is 239 g/mol. The van der Waals surface area contributed by atoms with Crippen molar-refractivity contribution in [2.24, 2.45) is 11.7 Å². The Morgan fingerprint density at radius 2 is 2.24 bits per heavy atom. The van der Waals surface area contributed by atoms with Crippen LogP contribution in [0.3, 0.4) is 0 Å². The second kappa shape index (κ2) is 4.00. The fourth-order valence-corrected chi connectivity index (χ4v) is 2.00. The SMILES string of the molecule is COc1ccc(C(N)(C(=O)O)C2CC2)cc1F. The van der Waals surface area contributed by atoms with E-state index in [9.17, 15) is 14.3 Å². The first-order chi connectivity index (χ1) is 8.00. The van der Waals surface area contributed by atoms with Crippen molar-refractivity contribution in [3.8, 4) is 5.75 Å². The van der Waals surface area contributed by atoms with E-state index < -0.39 is 17.3 Å². The van der Waals surface area contributed by atoms with Crippen molar-refractivity contribution in [1.82, 2.24) is 0 Å². The molecule has 4 nitrogen and oxygen atoms in total. The minimum absolute atomic E-state index is 0.0808. The van der Waals surface area contributed by atoms with Gasteiger partial charge in [-0.2, -0.15) is 0 Å². The van der Waals surface area contributed by atoms with E-state index in [1.165, 1.54) is 19.2 Å². The van der Waals surface area contributed by atoms with Gasteiger partial charge in [0.2, 0.25) is 0 Å². The molecule has 1 aliphatic rings. The van der Waals surface area contributed by atoms with E-state index in [0.29, 0.717) is 0 Å². The molecule has 0 aliphatic heterocycles. The van der Waals surface area contributed by atoms with Crippen molar-refractivity contribution in [3.63, 3.8) is 0 Å². The number of halogens is 1. The summed E-state index contributed by atoms with van der Waals surface area (Å²) in [5.74, 6) is -1.75. The average Bonchev–Trinajstić information content (AvgIpc) is 3.11. The van der Waals surface area contributed by atoms with E-state index in [2.05, 4.69) is 0 Å². The zero-order valence-electron chi connectivity index (χ0n) is 9.44. The molecule has 1 aliphatic carbocycles. The number of methoxy groups -OCH3 is 1. The minimum Gasteiger partial charge on any atom is -0.494 e. The van der Waals surface area contributed by atoms with Crippen LogP contribution in [-0.4, -0.2) is 18.2 Å². The van der Waals surface area contributed by atoms with Gasteiger partial charge in [-0.15, -0.1) is 0 Å². The molecule has 92 valence electrons. The highest BCUT2D eigenvalue weighted by Crippen LogP contribution is 2.44. The molecule has 0 saturated heterocycles. The second-order valence-electron chi connectivity index (χ2n) is 4.30. The largest absolute Gasteiger partial charge is 0.494 e. The monoisotopic (exact) mass is 239 g/mol. The molecular formula is C12H14FNO3. The molecule has 1 saturated carbocycles. The van der Waals surface area contributed by atoms with E-state index in [1.54, 1.807) is 0 Å². The summed E-state index contributed by atoms with van der Waals surface area (Å²) in [6.07, 6.45) is 1.52. The number of rotatable bonds is 4. The summed E-state index contributed by atoms with van der Waals surface area (Å²) in [5, 5.41) is 9.24. The number of carbonyl (C=O) groups is 1. The first kappa shape index (κ1) is 11.9. The van der Waals surface area contributed by atoms with Crippen LogP contribution < -0.4 is 10.5 Å². The molecule has 0 spiro atoms. The Balaban J connectivity index is 2.44. The molecule has 0 radical (unpaired) electrons. The maximum absolute atomic E-state index is 13.6. The maximum Gasteiger partial charge on any atom is 0.328 e. The van der Waals surface area contributed by atoms with Crippen molar-refractivity contribution in [2.45, 2.75) is 18.4 Å². The summed E-state index contributed by atoms with van der Waals surface area (Å²) in [4.78, 5) is 11.3. The van der Waals surface area contributed by atoms with Gasteiger partial charge in [-0.1, -0.05) is 6.07 Å². The molecule has 0 aromatic heterocycles. The first-order valence-corrected chi connectivity index (χ1v) is 5.36. The molecule has 2 rings (SSSR count). The molecular weight excluding hydrogens is 225 g/mol. The quantitative estimate of drug-likeness (QED) is 0.834.